The Labute approximate surface area is 405 Å². The Morgan fingerprint density at radius 1 is 0.577 bits per heavy atom. The Hall–Kier alpha value is -4.98. The zero-order valence-corrected chi connectivity index (χ0v) is 39.1. The lowest BCUT2D eigenvalue weighted by Crippen LogP contribution is -2.61. The highest BCUT2D eigenvalue weighted by Gasteiger charge is 2.50. The van der Waals surface area contributed by atoms with Crippen molar-refractivity contribution < 1.29 is 128 Å². The molecule has 3 aliphatic heterocycles. The molecule has 13 N–H and O–H groups in total. The van der Waals surface area contributed by atoms with Crippen LogP contribution in [-0.2, 0) is 39.7 Å². The summed E-state index contributed by atoms with van der Waals surface area (Å²) in [5.74, 6) is -2.89. The molecule has 71 heavy (non-hydrogen) atoms. The lowest BCUT2D eigenvalue weighted by molar-refractivity contribution is -0.322. The highest BCUT2D eigenvalue weighted by Crippen LogP contribution is 2.45. The fraction of sp³-hybridized carbons (Fsp3) is 0.600. The van der Waals surface area contributed by atoms with E-state index in [1.165, 1.54) is 58.8 Å². The molecule has 0 bridgehead atoms. The van der Waals surface area contributed by atoms with Gasteiger partial charge in [0.1, 0.15) is 79.9 Å². The Kier molecular flexibility index (Phi) is 20.1. The van der Waals surface area contributed by atoms with E-state index in [1.54, 1.807) is 12.2 Å². The maximum atomic E-state index is 13.1. The average molecular weight is 1020 g/mol. The smallest absolute Gasteiger partial charge is 0.336 e. The summed E-state index contributed by atoms with van der Waals surface area (Å²) in [6.45, 7) is -1.74. The van der Waals surface area contributed by atoms with E-state index in [9.17, 15) is 76.0 Å². The number of rotatable bonds is 22. The van der Waals surface area contributed by atoms with Crippen molar-refractivity contribution in [3.8, 4) is 34.5 Å². The van der Waals surface area contributed by atoms with Gasteiger partial charge in [0.25, 0.3) is 0 Å². The van der Waals surface area contributed by atoms with Crippen LogP contribution in [0.4, 0.5) is 0 Å². The van der Waals surface area contributed by atoms with Gasteiger partial charge in [-0.05, 0) is 48.7 Å². The van der Waals surface area contributed by atoms with Crippen LogP contribution in [0.1, 0.15) is 30.0 Å². The second-order valence-corrected chi connectivity index (χ2v) is 16.6. The normalized spacial score (nSPS) is 32.0. The summed E-state index contributed by atoms with van der Waals surface area (Å²) in [6.07, 6.45) is -20.0. The van der Waals surface area contributed by atoms with Gasteiger partial charge in [-0.3, -0.25) is 4.79 Å². The molecule has 16 atom stereocenters. The summed E-state index contributed by atoms with van der Waals surface area (Å²) in [7, 11) is 5.20. The fourth-order valence-corrected chi connectivity index (χ4v) is 7.73. The maximum absolute atomic E-state index is 13.1. The molecule has 3 heterocycles. The van der Waals surface area contributed by atoms with Gasteiger partial charge in [-0.25, -0.2) is 4.79 Å². The number of carbonyl (C=O) groups is 2. The predicted octanol–water partition coefficient (Wildman–Crippen LogP) is -4.06. The molecule has 26 heteroatoms. The van der Waals surface area contributed by atoms with Crippen LogP contribution in [0, 0.1) is 0 Å². The lowest BCUT2D eigenvalue weighted by atomic mass is 9.98. The number of carboxylic acids is 1. The molecule has 0 radical (unpaired) electrons. The Balaban J connectivity index is 1.44. The van der Waals surface area contributed by atoms with Crippen molar-refractivity contribution in [2.75, 3.05) is 54.9 Å². The van der Waals surface area contributed by atoms with Crippen LogP contribution in [0.3, 0.4) is 0 Å². The summed E-state index contributed by atoms with van der Waals surface area (Å²) in [4.78, 5) is 25.4. The van der Waals surface area contributed by atoms with Crippen LogP contribution >= 0.6 is 0 Å². The molecule has 5 rings (SSSR count). The number of esters is 1. The van der Waals surface area contributed by atoms with Gasteiger partial charge in [-0.15, -0.1) is 0 Å². The lowest BCUT2D eigenvalue weighted by Gasteiger charge is -2.42. The predicted molar refractivity (Wildman–Crippen MR) is 236 cm³/mol. The minimum atomic E-state index is -2.41. The van der Waals surface area contributed by atoms with E-state index in [4.69, 9.17) is 52.1 Å². The molecule has 2 aromatic carbocycles. The summed E-state index contributed by atoms with van der Waals surface area (Å²) in [5, 5.41) is 132. The third-order valence-corrected chi connectivity index (χ3v) is 11.8. The molecule has 0 aliphatic carbocycles. The van der Waals surface area contributed by atoms with Crippen LogP contribution in [0.25, 0.3) is 12.2 Å². The van der Waals surface area contributed by atoms with Crippen molar-refractivity contribution >= 4 is 24.1 Å². The van der Waals surface area contributed by atoms with Crippen molar-refractivity contribution in [3.63, 3.8) is 0 Å². The summed E-state index contributed by atoms with van der Waals surface area (Å²) >= 11 is 0. The van der Waals surface area contributed by atoms with E-state index in [1.807, 2.05) is 0 Å². The molecular formula is C45H62O26. The Morgan fingerprint density at radius 3 is 1.48 bits per heavy atom. The number of ether oxygens (including phenoxy) is 11. The van der Waals surface area contributed by atoms with E-state index in [2.05, 4.69) is 0 Å². The molecule has 3 saturated heterocycles. The number of carbonyl (C=O) groups excluding carboxylic acids is 1. The topological polar surface area (TPSA) is 399 Å². The van der Waals surface area contributed by atoms with Crippen LogP contribution in [0.5, 0.6) is 34.5 Å². The summed E-state index contributed by atoms with van der Waals surface area (Å²) in [6, 6.07) is 4.52. The molecular weight excluding hydrogens is 956 g/mol. The quantitative estimate of drug-likeness (QED) is 0.0499. The Morgan fingerprint density at radius 2 is 1.03 bits per heavy atom. The number of hydrogen-bond acceptors (Lipinski definition) is 25. The highest BCUT2D eigenvalue weighted by atomic mass is 16.7. The molecule has 3 aliphatic rings. The van der Waals surface area contributed by atoms with E-state index >= 15 is 0 Å². The first-order valence-electron chi connectivity index (χ1n) is 21.9. The zero-order chi connectivity index (χ0) is 52.5. The maximum Gasteiger partial charge on any atom is 0.336 e. The number of methoxy groups -OCH3 is 4. The van der Waals surface area contributed by atoms with Gasteiger partial charge in [-0.1, -0.05) is 18.2 Å². The fourth-order valence-electron chi connectivity index (χ4n) is 7.73. The van der Waals surface area contributed by atoms with E-state index in [0.717, 1.165) is 6.92 Å². The molecule has 16 unspecified atom stereocenters. The number of hydrogen-bond donors (Lipinski definition) is 13. The molecule has 3 fully saturated rings. The third kappa shape index (κ3) is 12.8. The van der Waals surface area contributed by atoms with Crippen molar-refractivity contribution in [2.24, 2.45) is 0 Å². The first-order valence-corrected chi connectivity index (χ1v) is 21.9. The molecule has 0 saturated carbocycles. The first kappa shape index (κ1) is 56.9. The van der Waals surface area contributed by atoms with Gasteiger partial charge in [-0.2, -0.15) is 0 Å². The van der Waals surface area contributed by atoms with Crippen molar-refractivity contribution in [2.45, 2.75) is 117 Å². The second kappa shape index (κ2) is 25.1. The number of allylic oxidation sites excluding steroid dienone is 1. The second-order valence-electron chi connectivity index (χ2n) is 16.6. The molecule has 2 aromatic rings. The van der Waals surface area contributed by atoms with E-state index in [0.29, 0.717) is 16.7 Å². The van der Waals surface area contributed by atoms with Gasteiger partial charge < -0.3 is 118 Å². The third-order valence-electron chi connectivity index (χ3n) is 11.8. The largest absolute Gasteiger partial charge is 0.493 e. The van der Waals surface area contributed by atoms with Crippen molar-refractivity contribution in [3.05, 3.63) is 47.0 Å². The molecule has 398 valence electrons. The number of aliphatic hydroxyl groups excluding tert-OH is 12. The minimum Gasteiger partial charge on any atom is -0.493 e. The number of aliphatic carboxylic acids is 1. The SMILES string of the molecule is COc1cc(C=CCc2c(C=CCOC(=O)CC(C)(OC3OC(CO)C(O)C(O)C3O)C(=O)O)cc(OC)c(OC3OC(CO)C(O)C(O)C3O)c2OC)cc(OC)c1OC1OC(CO)C(O)C(O)C1O. The molecule has 0 spiro atoms. The van der Waals surface area contributed by atoms with Gasteiger partial charge in [0.05, 0.1) is 54.7 Å². The van der Waals surface area contributed by atoms with Crippen molar-refractivity contribution in [1.82, 2.24) is 0 Å². The van der Waals surface area contributed by atoms with Crippen LogP contribution in [0.2, 0.25) is 0 Å². The number of benzene rings is 2. The zero-order valence-electron chi connectivity index (χ0n) is 39.1. The van der Waals surface area contributed by atoms with Crippen molar-refractivity contribution in [1.29, 1.82) is 0 Å². The standard InChI is InChI=1S/C45H62O26/c1-45(44(59)60,71-43-37(58)34(55)31(52)27(18-48)68-43)15-28(49)65-11-7-9-20-14-24(63-4)40(70-42-36(57)33(54)30(51)26(17-47)67-42)38(64-5)21(20)10-6-8-19-12-22(61-2)39(23(13-19)62-3)69-41-35(56)32(53)29(50)25(16-46)66-41/h6-9,12-14,25-27,29-37,41-43,46-48,50-58H,10-11,15-18H2,1-5H3,(H,59,60). The van der Waals surface area contributed by atoms with Crippen LogP contribution in [-0.4, -0.2) is 231 Å². The van der Waals surface area contributed by atoms with E-state index < -0.39 is 143 Å². The van der Waals surface area contributed by atoms with Gasteiger partial charge in [0, 0.05) is 5.56 Å². The monoisotopic (exact) mass is 1020 g/mol. The minimum absolute atomic E-state index is 0.00230. The molecule has 0 aromatic heterocycles. The van der Waals surface area contributed by atoms with Gasteiger partial charge in [0.2, 0.25) is 24.1 Å². The number of aliphatic hydroxyl groups is 12. The summed E-state index contributed by atoms with van der Waals surface area (Å²) in [5.41, 5.74) is -1.25. The Bertz CT molecular complexity index is 2120. The van der Waals surface area contributed by atoms with Gasteiger partial charge in [0.15, 0.2) is 34.9 Å². The molecule has 26 nitrogen and oxygen atoms in total. The van der Waals surface area contributed by atoms with E-state index in [-0.39, 0.29) is 40.9 Å². The van der Waals surface area contributed by atoms with Gasteiger partial charge >= 0.3 is 11.9 Å². The number of carboxylic acid groups (broad SMARTS) is 1. The van der Waals surface area contributed by atoms with Crippen LogP contribution < -0.4 is 28.4 Å². The molecule has 0 amide bonds. The first-order chi connectivity index (χ1) is 33.7. The highest BCUT2D eigenvalue weighted by molar-refractivity contribution is 5.84. The average Bonchev–Trinajstić information content (AvgIpc) is 3.35. The van der Waals surface area contributed by atoms with Crippen LogP contribution in [0.15, 0.2) is 30.4 Å². The summed E-state index contributed by atoms with van der Waals surface area (Å²) < 4.78 is 61.5.